The predicted molar refractivity (Wildman–Crippen MR) is 68.0 cm³/mol. The Morgan fingerprint density at radius 2 is 1.75 bits per heavy atom. The Hall–Kier alpha value is -1.16. The van der Waals surface area contributed by atoms with Gasteiger partial charge in [-0.25, -0.2) is 4.79 Å². The highest BCUT2D eigenvalue weighted by Gasteiger charge is 2.14. The summed E-state index contributed by atoms with van der Waals surface area (Å²) in [4.78, 5) is 22.6. The Kier molecular flexibility index (Phi) is 6.65. The van der Waals surface area contributed by atoms with Crippen LogP contribution in [0.4, 0.5) is 0 Å². The average molecular weight is 240 g/mol. The van der Waals surface area contributed by atoms with E-state index in [0.717, 1.165) is 12.5 Å². The molecule has 0 saturated carbocycles. The van der Waals surface area contributed by atoms with Gasteiger partial charge in [-0.05, 0) is 31.9 Å². The minimum atomic E-state index is -1.39. The molecule has 0 aliphatic heterocycles. The first-order valence-corrected chi connectivity index (χ1v) is 7.93. The molecule has 1 unspecified atom stereocenters. The molecule has 0 aliphatic rings. The molecule has 1 atom stereocenters. The molecule has 0 amide bonds. The lowest BCUT2D eigenvalue weighted by Gasteiger charge is -2.08. The van der Waals surface area contributed by atoms with Gasteiger partial charge in [-0.3, -0.25) is 0 Å². The van der Waals surface area contributed by atoms with Gasteiger partial charge in [0, 0.05) is 5.57 Å². The van der Waals surface area contributed by atoms with Crippen LogP contribution in [0.25, 0.3) is 0 Å². The second kappa shape index (κ2) is 7.17. The van der Waals surface area contributed by atoms with Crippen molar-refractivity contribution in [3.63, 3.8) is 0 Å². The van der Waals surface area contributed by atoms with E-state index in [9.17, 15) is 9.59 Å². The molecule has 0 rings (SSSR count). The molecule has 3 nitrogen and oxygen atoms in total. The molecule has 0 radical (unpaired) electrons. The minimum Gasteiger partial charge on any atom is -0.462 e. The topological polar surface area (TPSA) is 43.4 Å². The average Bonchev–Trinajstić information content (AvgIpc) is 2.22. The lowest BCUT2D eigenvalue weighted by molar-refractivity contribution is -0.138. The maximum atomic E-state index is 11.5. The highest BCUT2D eigenvalue weighted by Crippen LogP contribution is 2.05. The van der Waals surface area contributed by atoms with E-state index in [1.807, 2.05) is 6.55 Å². The molecule has 16 heavy (non-hydrogen) atoms. The molecule has 0 heterocycles. The van der Waals surface area contributed by atoms with Crippen LogP contribution < -0.4 is 0 Å². The summed E-state index contributed by atoms with van der Waals surface area (Å²) in [5.41, 5.74) is 1.04. The first-order chi connectivity index (χ1) is 7.36. The van der Waals surface area contributed by atoms with Crippen LogP contribution in [-0.4, -0.2) is 26.8 Å². The second-order valence-corrected chi connectivity index (χ2v) is 7.01. The van der Waals surface area contributed by atoms with E-state index in [4.69, 9.17) is 4.74 Å². The summed E-state index contributed by atoms with van der Waals surface area (Å²) in [6.07, 6.45) is 0.741. The maximum absolute atomic E-state index is 11.5. The smallest absolute Gasteiger partial charge is 0.333 e. The van der Waals surface area contributed by atoms with E-state index < -0.39 is 8.80 Å². The summed E-state index contributed by atoms with van der Waals surface area (Å²) in [6, 6.07) is 0.842. The van der Waals surface area contributed by atoms with E-state index in [1.54, 1.807) is 13.8 Å². The van der Waals surface area contributed by atoms with Gasteiger partial charge in [0.1, 0.15) is 14.2 Å². The number of esters is 1. The van der Waals surface area contributed by atoms with Gasteiger partial charge in [0.2, 0.25) is 0 Å². The van der Waals surface area contributed by atoms with E-state index in [-0.39, 0.29) is 11.4 Å². The summed E-state index contributed by atoms with van der Waals surface area (Å²) in [6.45, 7) is 12.9. The van der Waals surface area contributed by atoms with Crippen LogP contribution in [0.15, 0.2) is 24.3 Å². The fourth-order valence-electron chi connectivity index (χ4n) is 1.23. The number of allylic oxidation sites excluding steroid dienone is 1. The molecule has 90 valence electrons. The molecule has 0 aliphatic carbocycles. The molecule has 0 aromatic carbocycles. The second-order valence-electron chi connectivity index (χ2n) is 4.10. The number of carbonyl (C=O) groups is 2. The first-order valence-electron chi connectivity index (χ1n) is 5.38. The Bertz CT molecular complexity index is 307. The number of rotatable bonds is 7. The van der Waals surface area contributed by atoms with Crippen molar-refractivity contribution in [2.75, 3.05) is 6.61 Å². The normalized spacial score (nSPS) is 11.7. The lowest BCUT2D eigenvalue weighted by atomic mass is 10.4. The van der Waals surface area contributed by atoms with Crippen LogP contribution in [-0.2, 0) is 14.3 Å². The zero-order chi connectivity index (χ0) is 12.7. The van der Waals surface area contributed by atoms with Crippen LogP contribution in [0, 0.1) is 0 Å². The summed E-state index contributed by atoms with van der Waals surface area (Å²) < 4.78 is 4.94. The molecule has 0 spiro atoms. The van der Waals surface area contributed by atoms with E-state index in [2.05, 4.69) is 13.2 Å². The number of hydrogen-bond donors (Lipinski definition) is 0. The van der Waals surface area contributed by atoms with Gasteiger partial charge in [0.15, 0.2) is 0 Å². The molecular formula is C12H20O3Si. The van der Waals surface area contributed by atoms with Crippen LogP contribution in [0.1, 0.15) is 20.3 Å². The van der Waals surface area contributed by atoms with Gasteiger partial charge in [-0.15, -0.1) is 0 Å². The SMILES string of the molecule is C=C(C)C(=O)OCCC[SiH](C)C(=O)C(=C)C. The van der Waals surface area contributed by atoms with Crippen LogP contribution in [0.5, 0.6) is 0 Å². The fraction of sp³-hybridized carbons (Fsp3) is 0.500. The van der Waals surface area contributed by atoms with Gasteiger partial charge in [0.05, 0.1) is 6.61 Å². The van der Waals surface area contributed by atoms with Crippen LogP contribution in [0.3, 0.4) is 0 Å². The summed E-state index contributed by atoms with van der Waals surface area (Å²) in [5, 5.41) is 0.214. The van der Waals surface area contributed by atoms with Crippen molar-refractivity contribution >= 4 is 20.2 Å². The van der Waals surface area contributed by atoms with Crippen molar-refractivity contribution in [3.05, 3.63) is 24.3 Å². The summed E-state index contributed by atoms with van der Waals surface area (Å²) in [5.74, 6) is -0.361. The Labute approximate surface area is 98.8 Å². The standard InChI is InChI=1S/C12H20O3Si/c1-9(2)11(13)15-7-6-8-16(5)12(14)10(3)4/h16H,1,3,6-8H2,2,4-5H3. The molecule has 0 N–H and O–H groups in total. The quantitative estimate of drug-likeness (QED) is 0.296. The van der Waals surface area contributed by atoms with Crippen molar-refractivity contribution in [1.82, 2.24) is 0 Å². The molecule has 4 heteroatoms. The van der Waals surface area contributed by atoms with Crippen molar-refractivity contribution in [2.24, 2.45) is 0 Å². The lowest BCUT2D eigenvalue weighted by Crippen LogP contribution is -2.23. The van der Waals surface area contributed by atoms with Gasteiger partial charge in [0.25, 0.3) is 0 Å². The summed E-state index contributed by atoms with van der Waals surface area (Å²) >= 11 is 0. The number of carbonyl (C=O) groups excluding carboxylic acids is 2. The van der Waals surface area contributed by atoms with E-state index >= 15 is 0 Å². The molecule has 0 bridgehead atoms. The first kappa shape index (κ1) is 14.8. The Morgan fingerprint density at radius 3 is 2.19 bits per heavy atom. The third kappa shape index (κ3) is 5.65. The van der Waals surface area contributed by atoms with Crippen LogP contribution in [0.2, 0.25) is 12.6 Å². The monoisotopic (exact) mass is 240 g/mol. The maximum Gasteiger partial charge on any atom is 0.333 e. The molecule has 0 aromatic heterocycles. The third-order valence-electron chi connectivity index (χ3n) is 2.23. The zero-order valence-electron chi connectivity index (χ0n) is 10.3. The van der Waals surface area contributed by atoms with Crippen molar-refractivity contribution in [3.8, 4) is 0 Å². The van der Waals surface area contributed by atoms with Gasteiger partial charge < -0.3 is 9.53 Å². The molecule has 0 fully saturated rings. The highest BCUT2D eigenvalue weighted by atomic mass is 28.3. The zero-order valence-corrected chi connectivity index (χ0v) is 11.5. The largest absolute Gasteiger partial charge is 0.462 e. The number of hydrogen-bond acceptors (Lipinski definition) is 3. The van der Waals surface area contributed by atoms with Gasteiger partial charge >= 0.3 is 5.97 Å². The molecule has 0 aromatic rings. The summed E-state index contributed by atoms with van der Waals surface area (Å²) in [7, 11) is -1.39. The fourth-order valence-corrected chi connectivity index (χ4v) is 3.11. The van der Waals surface area contributed by atoms with Crippen molar-refractivity contribution in [2.45, 2.75) is 32.9 Å². The third-order valence-corrected chi connectivity index (χ3v) is 4.89. The predicted octanol–water partition coefficient (Wildman–Crippen LogP) is 2.04. The van der Waals surface area contributed by atoms with E-state index in [0.29, 0.717) is 17.8 Å². The minimum absolute atomic E-state index is 0.214. The Morgan fingerprint density at radius 1 is 1.19 bits per heavy atom. The van der Waals surface area contributed by atoms with Gasteiger partial charge in [-0.1, -0.05) is 19.7 Å². The highest BCUT2D eigenvalue weighted by molar-refractivity contribution is 6.91. The molecule has 0 saturated heterocycles. The molecular weight excluding hydrogens is 220 g/mol. The van der Waals surface area contributed by atoms with Crippen LogP contribution >= 0.6 is 0 Å². The Balaban J connectivity index is 3.75. The van der Waals surface area contributed by atoms with E-state index in [1.165, 1.54) is 0 Å². The van der Waals surface area contributed by atoms with Crippen molar-refractivity contribution < 1.29 is 14.3 Å². The number of ether oxygens (including phenoxy) is 1. The van der Waals surface area contributed by atoms with Crippen molar-refractivity contribution in [1.29, 1.82) is 0 Å². The van der Waals surface area contributed by atoms with Gasteiger partial charge in [-0.2, -0.15) is 0 Å².